The second-order valence-corrected chi connectivity index (χ2v) is 10.5. The molecule has 1 heterocycles. The number of hydrogen-bond acceptors (Lipinski definition) is 7. The van der Waals surface area contributed by atoms with E-state index >= 15 is 0 Å². The molecule has 3 aromatic rings. The Morgan fingerprint density at radius 2 is 1.52 bits per heavy atom. The monoisotopic (exact) mass is 473 g/mol. The summed E-state index contributed by atoms with van der Waals surface area (Å²) in [6.45, 7) is 0. The zero-order valence-electron chi connectivity index (χ0n) is 14.3. The summed E-state index contributed by atoms with van der Waals surface area (Å²) in [7, 11) is -8.17. The summed E-state index contributed by atoms with van der Waals surface area (Å²) < 4.78 is 54.9. The van der Waals surface area contributed by atoms with E-state index < -0.39 is 35.6 Å². The van der Waals surface area contributed by atoms with Gasteiger partial charge in [-0.1, -0.05) is 29.8 Å². The molecule has 3 rings (SSSR count). The van der Waals surface area contributed by atoms with Gasteiger partial charge in [0.05, 0.1) is 21.2 Å². The van der Waals surface area contributed by atoms with Crippen LogP contribution in [0.15, 0.2) is 69.1 Å². The molecule has 0 aliphatic carbocycles. The van der Waals surface area contributed by atoms with E-state index in [0.29, 0.717) is 0 Å². The van der Waals surface area contributed by atoms with E-state index in [4.69, 9.17) is 11.6 Å². The highest BCUT2D eigenvalue weighted by atomic mass is 35.5. The van der Waals surface area contributed by atoms with Gasteiger partial charge in [0.25, 0.3) is 25.7 Å². The maximum atomic E-state index is 12.7. The van der Waals surface area contributed by atoms with Gasteiger partial charge in [-0.3, -0.25) is 19.6 Å². The van der Waals surface area contributed by atoms with Crippen LogP contribution in [0.5, 0.6) is 0 Å². The lowest BCUT2D eigenvalue weighted by Crippen LogP contribution is -2.17. The molecule has 0 spiro atoms. The van der Waals surface area contributed by atoms with E-state index in [0.717, 1.165) is 29.5 Å². The number of sulfonamides is 2. The molecular formula is C16H12ClN3O6S3. The van der Waals surface area contributed by atoms with Crippen molar-refractivity contribution in [1.29, 1.82) is 0 Å². The highest BCUT2D eigenvalue weighted by Gasteiger charge is 2.23. The van der Waals surface area contributed by atoms with Gasteiger partial charge in [0.15, 0.2) is 0 Å². The molecule has 0 radical (unpaired) electrons. The lowest BCUT2D eigenvalue weighted by Gasteiger charge is -2.14. The van der Waals surface area contributed by atoms with Crippen LogP contribution in [0.3, 0.4) is 0 Å². The molecule has 13 heteroatoms. The van der Waals surface area contributed by atoms with E-state index in [1.54, 1.807) is 11.4 Å². The van der Waals surface area contributed by atoms with Gasteiger partial charge in [-0.25, -0.2) is 16.8 Å². The van der Waals surface area contributed by atoms with Crippen molar-refractivity contribution in [3.63, 3.8) is 0 Å². The SMILES string of the molecule is O=[N+]([O-])c1cc(S(=O)(=O)Nc2ccccc2NS(=O)(=O)c2cccs2)ccc1Cl. The first-order chi connectivity index (χ1) is 13.6. The lowest BCUT2D eigenvalue weighted by atomic mass is 10.3. The zero-order valence-corrected chi connectivity index (χ0v) is 17.5. The molecule has 152 valence electrons. The number of nitro benzene ring substituents is 1. The number of nitro groups is 1. The predicted octanol–water partition coefficient (Wildman–Crippen LogP) is 3.91. The summed E-state index contributed by atoms with van der Waals surface area (Å²) in [6.07, 6.45) is 0. The Hall–Kier alpha value is -2.67. The average molecular weight is 474 g/mol. The smallest absolute Gasteiger partial charge is 0.277 e. The minimum atomic E-state index is -4.26. The van der Waals surface area contributed by atoms with Crippen molar-refractivity contribution < 1.29 is 21.8 Å². The fraction of sp³-hybridized carbons (Fsp3) is 0. The summed E-state index contributed by atoms with van der Waals surface area (Å²) >= 11 is 6.72. The van der Waals surface area contributed by atoms with Crippen LogP contribution < -0.4 is 9.44 Å². The number of halogens is 1. The van der Waals surface area contributed by atoms with Crippen LogP contribution in [-0.2, 0) is 20.0 Å². The third-order valence-electron chi connectivity index (χ3n) is 3.60. The summed E-state index contributed by atoms with van der Waals surface area (Å²) in [5.41, 5.74) is -0.626. The predicted molar refractivity (Wildman–Crippen MR) is 110 cm³/mol. The lowest BCUT2D eigenvalue weighted by molar-refractivity contribution is -0.384. The molecule has 0 aliphatic heterocycles. The third-order valence-corrected chi connectivity index (χ3v) is 8.05. The van der Waals surface area contributed by atoms with Crippen molar-refractivity contribution in [3.8, 4) is 0 Å². The number of nitrogens with zero attached hydrogens (tertiary/aromatic N) is 1. The van der Waals surface area contributed by atoms with E-state index in [1.165, 1.54) is 30.3 Å². The van der Waals surface area contributed by atoms with E-state index in [-0.39, 0.29) is 20.6 Å². The Morgan fingerprint density at radius 3 is 2.07 bits per heavy atom. The molecular weight excluding hydrogens is 462 g/mol. The zero-order chi connectivity index (χ0) is 21.2. The van der Waals surface area contributed by atoms with Crippen LogP contribution in [0.2, 0.25) is 5.02 Å². The van der Waals surface area contributed by atoms with Crippen LogP contribution in [0.25, 0.3) is 0 Å². The molecule has 0 fully saturated rings. The Balaban J connectivity index is 1.95. The molecule has 0 aliphatic rings. The van der Waals surface area contributed by atoms with Gasteiger partial charge in [0.1, 0.15) is 9.23 Å². The molecule has 0 saturated carbocycles. The summed E-state index contributed by atoms with van der Waals surface area (Å²) in [6, 6.07) is 11.8. The molecule has 9 nitrogen and oxygen atoms in total. The largest absolute Gasteiger partial charge is 0.289 e. The van der Waals surface area contributed by atoms with Crippen molar-refractivity contribution in [2.75, 3.05) is 9.44 Å². The minimum Gasteiger partial charge on any atom is -0.277 e. The maximum absolute atomic E-state index is 12.7. The highest BCUT2D eigenvalue weighted by molar-refractivity contribution is 7.94. The van der Waals surface area contributed by atoms with E-state index in [1.807, 2.05) is 0 Å². The first-order valence-corrected chi connectivity index (χ1v) is 11.9. The topological polar surface area (TPSA) is 135 Å². The molecule has 0 unspecified atom stereocenters. The van der Waals surface area contributed by atoms with Crippen molar-refractivity contribution in [3.05, 3.63) is 75.1 Å². The molecule has 1 aromatic heterocycles. The fourth-order valence-electron chi connectivity index (χ4n) is 2.28. The van der Waals surface area contributed by atoms with Gasteiger partial charge >= 0.3 is 0 Å². The molecule has 0 saturated heterocycles. The van der Waals surface area contributed by atoms with Crippen molar-refractivity contribution in [2.24, 2.45) is 0 Å². The standard InChI is InChI=1S/C16H12ClN3O6S3/c17-12-8-7-11(10-15(12)20(21)22)28(23,24)18-13-4-1-2-5-14(13)19-29(25,26)16-6-3-9-27-16/h1-10,18-19H. The van der Waals surface area contributed by atoms with E-state index in [2.05, 4.69) is 9.44 Å². The van der Waals surface area contributed by atoms with Crippen LogP contribution in [-0.4, -0.2) is 21.8 Å². The molecule has 2 N–H and O–H groups in total. The second kappa shape index (κ2) is 7.99. The number of nitrogens with one attached hydrogen (secondary N) is 2. The van der Waals surface area contributed by atoms with Crippen molar-refractivity contribution >= 4 is 60.0 Å². The second-order valence-electron chi connectivity index (χ2n) is 5.56. The highest BCUT2D eigenvalue weighted by Crippen LogP contribution is 2.31. The van der Waals surface area contributed by atoms with Crippen LogP contribution in [0.1, 0.15) is 0 Å². The van der Waals surface area contributed by atoms with Gasteiger partial charge < -0.3 is 0 Å². The molecule has 0 bridgehead atoms. The Labute approximate surface area is 175 Å². The normalized spacial score (nSPS) is 11.8. The van der Waals surface area contributed by atoms with Crippen LogP contribution in [0, 0.1) is 10.1 Å². The third kappa shape index (κ3) is 4.67. The Morgan fingerprint density at radius 1 is 0.897 bits per heavy atom. The number of para-hydroxylation sites is 2. The van der Waals surface area contributed by atoms with Crippen molar-refractivity contribution in [1.82, 2.24) is 0 Å². The van der Waals surface area contributed by atoms with Gasteiger partial charge in [0, 0.05) is 6.07 Å². The number of thiophene rings is 1. The summed E-state index contributed by atoms with van der Waals surface area (Å²) in [5, 5.41) is 12.4. The van der Waals surface area contributed by atoms with Gasteiger partial charge in [0.2, 0.25) is 0 Å². The Bertz CT molecular complexity index is 1270. The van der Waals surface area contributed by atoms with Crippen molar-refractivity contribution in [2.45, 2.75) is 9.10 Å². The Kier molecular flexibility index (Phi) is 5.80. The molecule has 29 heavy (non-hydrogen) atoms. The summed E-state index contributed by atoms with van der Waals surface area (Å²) in [4.78, 5) is 9.81. The van der Waals surface area contributed by atoms with Gasteiger partial charge in [-0.15, -0.1) is 11.3 Å². The van der Waals surface area contributed by atoms with E-state index in [9.17, 15) is 26.9 Å². The number of hydrogen-bond donors (Lipinski definition) is 2. The molecule has 0 amide bonds. The minimum absolute atomic E-state index is 0.00654. The van der Waals surface area contributed by atoms with Crippen LogP contribution >= 0.6 is 22.9 Å². The van der Waals surface area contributed by atoms with Crippen LogP contribution in [0.4, 0.5) is 17.1 Å². The first kappa shape index (κ1) is 21.0. The quantitative estimate of drug-likeness (QED) is 0.394. The molecule has 0 atom stereocenters. The number of rotatable bonds is 7. The average Bonchev–Trinajstić information content (AvgIpc) is 3.18. The number of anilines is 2. The first-order valence-electron chi connectivity index (χ1n) is 7.72. The molecule has 2 aromatic carbocycles. The number of benzene rings is 2. The maximum Gasteiger partial charge on any atom is 0.289 e. The van der Waals surface area contributed by atoms with Gasteiger partial charge in [-0.05, 0) is 35.7 Å². The van der Waals surface area contributed by atoms with Gasteiger partial charge in [-0.2, -0.15) is 0 Å². The fourth-order valence-corrected chi connectivity index (χ4v) is 5.63. The summed E-state index contributed by atoms with van der Waals surface area (Å²) in [5.74, 6) is 0.